The van der Waals surface area contributed by atoms with Gasteiger partial charge in [0, 0.05) is 11.9 Å². The van der Waals surface area contributed by atoms with Gasteiger partial charge in [0.15, 0.2) is 5.69 Å². The predicted molar refractivity (Wildman–Crippen MR) is 66.0 cm³/mol. The van der Waals surface area contributed by atoms with Crippen molar-refractivity contribution in [2.45, 2.75) is 32.6 Å². The van der Waals surface area contributed by atoms with Crippen LogP contribution in [0.25, 0.3) is 0 Å². The zero-order valence-electron chi connectivity index (χ0n) is 9.66. The van der Waals surface area contributed by atoms with E-state index in [9.17, 15) is 4.79 Å². The molecule has 0 aromatic carbocycles. The van der Waals surface area contributed by atoms with Gasteiger partial charge in [0.1, 0.15) is 0 Å². The lowest BCUT2D eigenvalue weighted by molar-refractivity contribution is 0.0947. The second kappa shape index (κ2) is 5.59. The Bertz CT molecular complexity index is 334. The average Bonchev–Trinajstić information content (AvgIpc) is 2.64. The molecule has 1 aromatic heterocycles. The molecule has 1 rings (SSSR count). The molecule has 0 saturated heterocycles. The molecule has 1 unspecified atom stereocenters. The quantitative estimate of drug-likeness (QED) is 0.847. The van der Waals surface area contributed by atoms with Crippen molar-refractivity contribution in [2.75, 3.05) is 6.54 Å². The number of carbonyl (C=O) groups excluding carboxylic acids is 1. The minimum atomic E-state index is -0.215. The lowest BCUT2D eigenvalue weighted by Crippen LogP contribution is -2.31. The molecular weight excluding hydrogens is 246 g/mol. The van der Waals surface area contributed by atoms with Crippen LogP contribution in [0, 0.1) is 5.41 Å². The molecule has 1 aromatic rings. The van der Waals surface area contributed by atoms with Gasteiger partial charge in [0.2, 0.25) is 0 Å². The third kappa shape index (κ3) is 4.90. The van der Waals surface area contributed by atoms with Crippen molar-refractivity contribution in [2.24, 2.45) is 5.41 Å². The van der Waals surface area contributed by atoms with Crippen LogP contribution < -0.4 is 5.32 Å². The number of hydrogen-bond acceptors (Lipinski definition) is 4. The van der Waals surface area contributed by atoms with Crippen LogP contribution in [-0.2, 0) is 0 Å². The standard InChI is InChI=1S/C10H16ClN3OS/c1-10(2,3)4-7(11)5-12-9(15)8-6-16-14-13-8/h6-7H,4-5H2,1-3H3,(H,12,15). The Morgan fingerprint density at radius 3 is 2.81 bits per heavy atom. The van der Waals surface area contributed by atoms with Gasteiger partial charge >= 0.3 is 0 Å². The second-order valence-electron chi connectivity index (χ2n) is 4.86. The summed E-state index contributed by atoms with van der Waals surface area (Å²) in [5.74, 6) is -0.215. The molecule has 1 atom stereocenters. The maximum Gasteiger partial charge on any atom is 0.272 e. The van der Waals surface area contributed by atoms with Crippen molar-refractivity contribution in [1.29, 1.82) is 0 Å². The second-order valence-corrected chi connectivity index (χ2v) is 6.09. The molecule has 16 heavy (non-hydrogen) atoms. The monoisotopic (exact) mass is 261 g/mol. The van der Waals surface area contributed by atoms with E-state index in [1.165, 1.54) is 0 Å². The van der Waals surface area contributed by atoms with E-state index in [0.29, 0.717) is 12.2 Å². The smallest absolute Gasteiger partial charge is 0.272 e. The molecule has 0 aliphatic heterocycles. The summed E-state index contributed by atoms with van der Waals surface area (Å²) >= 11 is 7.28. The van der Waals surface area contributed by atoms with Crippen LogP contribution >= 0.6 is 23.1 Å². The van der Waals surface area contributed by atoms with Gasteiger partial charge < -0.3 is 5.32 Å². The zero-order valence-corrected chi connectivity index (χ0v) is 11.2. The molecule has 90 valence electrons. The van der Waals surface area contributed by atoms with E-state index in [0.717, 1.165) is 18.0 Å². The molecule has 4 nitrogen and oxygen atoms in total. The van der Waals surface area contributed by atoms with E-state index in [-0.39, 0.29) is 16.7 Å². The van der Waals surface area contributed by atoms with Crippen molar-refractivity contribution in [3.05, 3.63) is 11.1 Å². The fraction of sp³-hybridized carbons (Fsp3) is 0.700. The highest BCUT2D eigenvalue weighted by atomic mass is 35.5. The summed E-state index contributed by atoms with van der Waals surface area (Å²) in [6.45, 7) is 6.81. The van der Waals surface area contributed by atoms with Gasteiger partial charge in [-0.3, -0.25) is 4.79 Å². The molecule has 1 heterocycles. The van der Waals surface area contributed by atoms with Gasteiger partial charge in [0.25, 0.3) is 5.91 Å². The predicted octanol–water partition coefficient (Wildman–Crippen LogP) is 2.31. The van der Waals surface area contributed by atoms with Crippen LogP contribution in [0.4, 0.5) is 0 Å². The van der Waals surface area contributed by atoms with Crippen molar-refractivity contribution in [3.8, 4) is 0 Å². The van der Waals surface area contributed by atoms with Crippen LogP contribution in [0.5, 0.6) is 0 Å². The Hall–Kier alpha value is -0.680. The summed E-state index contributed by atoms with van der Waals surface area (Å²) in [7, 11) is 0. The lowest BCUT2D eigenvalue weighted by atomic mass is 9.90. The van der Waals surface area contributed by atoms with Crippen molar-refractivity contribution < 1.29 is 4.79 Å². The van der Waals surface area contributed by atoms with E-state index in [4.69, 9.17) is 11.6 Å². The van der Waals surface area contributed by atoms with Gasteiger partial charge in [-0.05, 0) is 23.4 Å². The number of nitrogens with one attached hydrogen (secondary N) is 1. The summed E-state index contributed by atoms with van der Waals surface area (Å²) in [4.78, 5) is 11.5. The summed E-state index contributed by atoms with van der Waals surface area (Å²) < 4.78 is 3.63. The van der Waals surface area contributed by atoms with Crippen molar-refractivity contribution in [1.82, 2.24) is 14.9 Å². The molecule has 0 radical (unpaired) electrons. The first-order valence-corrected chi connectivity index (χ1v) is 6.35. The van der Waals surface area contributed by atoms with E-state index >= 15 is 0 Å². The average molecular weight is 262 g/mol. The molecule has 0 aliphatic rings. The largest absolute Gasteiger partial charge is 0.349 e. The number of aromatic nitrogens is 2. The van der Waals surface area contributed by atoms with E-state index in [1.54, 1.807) is 5.38 Å². The minimum Gasteiger partial charge on any atom is -0.349 e. The number of hydrogen-bond donors (Lipinski definition) is 1. The van der Waals surface area contributed by atoms with Crippen molar-refractivity contribution >= 4 is 29.0 Å². The van der Waals surface area contributed by atoms with Crippen LogP contribution in [0.1, 0.15) is 37.7 Å². The number of nitrogens with zero attached hydrogens (tertiary/aromatic N) is 2. The maximum absolute atomic E-state index is 11.5. The van der Waals surface area contributed by atoms with Gasteiger partial charge in [-0.1, -0.05) is 25.3 Å². The molecular formula is C10H16ClN3OS. The first kappa shape index (κ1) is 13.4. The molecule has 0 fully saturated rings. The van der Waals surface area contributed by atoms with E-state index < -0.39 is 0 Å². The normalized spacial score (nSPS) is 13.5. The fourth-order valence-corrected chi connectivity index (χ4v) is 2.27. The minimum absolute atomic E-state index is 0.0597. The first-order valence-electron chi connectivity index (χ1n) is 5.08. The molecule has 0 spiro atoms. The van der Waals surface area contributed by atoms with Crippen molar-refractivity contribution in [3.63, 3.8) is 0 Å². The number of rotatable bonds is 4. The highest BCUT2D eigenvalue weighted by Gasteiger charge is 2.18. The third-order valence-electron chi connectivity index (χ3n) is 1.91. The van der Waals surface area contributed by atoms with Gasteiger partial charge in [-0.2, -0.15) is 0 Å². The van der Waals surface area contributed by atoms with Gasteiger partial charge in [-0.25, -0.2) is 0 Å². The highest BCUT2D eigenvalue weighted by molar-refractivity contribution is 7.03. The van der Waals surface area contributed by atoms with E-state index in [2.05, 4.69) is 35.7 Å². The van der Waals surface area contributed by atoms with Crippen LogP contribution in [-0.4, -0.2) is 27.4 Å². The molecule has 0 saturated carbocycles. The fourth-order valence-electron chi connectivity index (χ4n) is 1.29. The number of carbonyl (C=O) groups is 1. The topological polar surface area (TPSA) is 54.9 Å². The number of amides is 1. The SMILES string of the molecule is CC(C)(C)CC(Cl)CNC(=O)c1csnn1. The van der Waals surface area contributed by atoms with Crippen LogP contribution in [0.15, 0.2) is 5.38 Å². The Morgan fingerprint density at radius 2 is 2.31 bits per heavy atom. The Balaban J connectivity index is 2.32. The summed E-state index contributed by atoms with van der Waals surface area (Å²) in [6, 6.07) is 0. The molecule has 0 bridgehead atoms. The first-order chi connectivity index (χ1) is 7.38. The summed E-state index contributed by atoms with van der Waals surface area (Å²) in [5, 5.41) is 7.98. The summed E-state index contributed by atoms with van der Waals surface area (Å²) in [6.07, 6.45) is 0.851. The lowest BCUT2D eigenvalue weighted by Gasteiger charge is -2.21. The zero-order chi connectivity index (χ0) is 12.2. The third-order valence-corrected chi connectivity index (χ3v) is 2.72. The van der Waals surface area contributed by atoms with Crippen LogP contribution in [0.3, 0.4) is 0 Å². The summed E-state index contributed by atoms with van der Waals surface area (Å²) in [5.41, 5.74) is 0.518. The Labute approximate surface area is 105 Å². The highest BCUT2D eigenvalue weighted by Crippen LogP contribution is 2.23. The molecule has 1 amide bonds. The molecule has 6 heteroatoms. The van der Waals surface area contributed by atoms with Gasteiger partial charge in [0.05, 0.1) is 5.38 Å². The Morgan fingerprint density at radius 1 is 1.62 bits per heavy atom. The molecule has 0 aliphatic carbocycles. The van der Waals surface area contributed by atoms with Gasteiger partial charge in [-0.15, -0.1) is 16.7 Å². The Kier molecular flexibility index (Phi) is 4.68. The number of halogens is 1. The number of alkyl halides is 1. The van der Waals surface area contributed by atoms with E-state index in [1.807, 2.05) is 0 Å². The molecule has 1 N–H and O–H groups in total. The van der Waals surface area contributed by atoms with Crippen LogP contribution in [0.2, 0.25) is 0 Å². The maximum atomic E-state index is 11.5.